The Bertz CT molecular complexity index is 782. The minimum atomic E-state index is -0.678. The summed E-state index contributed by atoms with van der Waals surface area (Å²) in [5.41, 5.74) is 2.46. The summed E-state index contributed by atoms with van der Waals surface area (Å²) in [6.07, 6.45) is 6.99. The molecule has 2 aromatic rings. The highest BCUT2D eigenvalue weighted by molar-refractivity contribution is 5.70. The molecule has 1 fully saturated rings. The van der Waals surface area contributed by atoms with Gasteiger partial charge in [-0.1, -0.05) is 36.4 Å². The molecule has 0 saturated carbocycles. The Labute approximate surface area is 178 Å². The van der Waals surface area contributed by atoms with E-state index in [4.69, 9.17) is 9.47 Å². The number of aliphatic carboxylic acids is 1. The molecule has 2 aromatic carbocycles. The highest BCUT2D eigenvalue weighted by atomic mass is 16.5. The summed E-state index contributed by atoms with van der Waals surface area (Å²) in [5, 5.41) is 9.26. The lowest BCUT2D eigenvalue weighted by molar-refractivity contribution is -0.143. The first-order chi connectivity index (χ1) is 14.6. The molecule has 5 nitrogen and oxygen atoms in total. The number of hydrogen-bond donors (Lipinski definition) is 1. The third-order valence-corrected chi connectivity index (χ3v) is 5.79. The molecular weight excluding hydrogens is 378 g/mol. The van der Waals surface area contributed by atoms with Crippen LogP contribution in [0.25, 0.3) is 0 Å². The van der Waals surface area contributed by atoms with Crippen LogP contribution < -0.4 is 9.47 Å². The minimum Gasteiger partial charge on any atom is -0.497 e. The van der Waals surface area contributed by atoms with Gasteiger partial charge in [0.25, 0.3) is 0 Å². The van der Waals surface area contributed by atoms with Crippen molar-refractivity contribution in [2.75, 3.05) is 33.9 Å². The molecule has 1 heterocycles. The van der Waals surface area contributed by atoms with E-state index in [1.165, 1.54) is 11.1 Å². The summed E-state index contributed by atoms with van der Waals surface area (Å²) in [6.45, 7) is 2.40. The van der Waals surface area contributed by atoms with Crippen molar-refractivity contribution in [1.82, 2.24) is 4.90 Å². The lowest BCUT2D eigenvalue weighted by Crippen LogP contribution is -2.38. The second-order valence-corrected chi connectivity index (χ2v) is 7.74. The first-order valence-electron chi connectivity index (χ1n) is 10.5. The second kappa shape index (κ2) is 10.8. The SMILES string of the molecule is COc1ccc(C(C/C=C/CN2CCCC(C(=O)O)C2)c2ccc(OC)cc2)cc1. The molecular formula is C25H31NO4. The van der Waals surface area contributed by atoms with Crippen molar-refractivity contribution in [1.29, 1.82) is 0 Å². The minimum absolute atomic E-state index is 0.228. The fourth-order valence-electron chi connectivity index (χ4n) is 4.02. The smallest absolute Gasteiger partial charge is 0.307 e. The molecule has 0 radical (unpaired) electrons. The first kappa shape index (κ1) is 21.9. The third-order valence-electron chi connectivity index (χ3n) is 5.79. The largest absolute Gasteiger partial charge is 0.497 e. The summed E-state index contributed by atoms with van der Waals surface area (Å²) in [6, 6.07) is 16.4. The Kier molecular flexibility index (Phi) is 7.91. The molecule has 1 aliphatic heterocycles. The van der Waals surface area contributed by atoms with E-state index < -0.39 is 5.97 Å². The zero-order valence-corrected chi connectivity index (χ0v) is 17.8. The second-order valence-electron chi connectivity index (χ2n) is 7.74. The van der Waals surface area contributed by atoms with Gasteiger partial charge in [0.1, 0.15) is 11.5 Å². The molecule has 0 amide bonds. The van der Waals surface area contributed by atoms with Crippen LogP contribution in [0, 0.1) is 5.92 Å². The molecule has 160 valence electrons. The van der Waals surface area contributed by atoms with E-state index in [0.717, 1.165) is 43.9 Å². The van der Waals surface area contributed by atoms with E-state index in [1.807, 2.05) is 24.3 Å². The third kappa shape index (κ3) is 5.86. The predicted octanol–water partition coefficient (Wildman–Crippen LogP) is 4.58. The Morgan fingerprint density at radius 2 is 1.60 bits per heavy atom. The van der Waals surface area contributed by atoms with Crippen LogP contribution in [0.1, 0.15) is 36.3 Å². The van der Waals surface area contributed by atoms with E-state index in [9.17, 15) is 9.90 Å². The van der Waals surface area contributed by atoms with Gasteiger partial charge >= 0.3 is 5.97 Å². The molecule has 1 saturated heterocycles. The van der Waals surface area contributed by atoms with Crippen LogP contribution in [-0.2, 0) is 4.79 Å². The van der Waals surface area contributed by atoms with E-state index in [1.54, 1.807) is 14.2 Å². The first-order valence-corrected chi connectivity index (χ1v) is 10.5. The maximum atomic E-state index is 11.3. The predicted molar refractivity (Wildman–Crippen MR) is 118 cm³/mol. The van der Waals surface area contributed by atoms with Crippen molar-refractivity contribution in [2.24, 2.45) is 5.92 Å². The highest BCUT2D eigenvalue weighted by Crippen LogP contribution is 2.31. The van der Waals surface area contributed by atoms with Crippen LogP contribution in [0.2, 0.25) is 0 Å². The Hall–Kier alpha value is -2.79. The summed E-state index contributed by atoms with van der Waals surface area (Å²) < 4.78 is 10.6. The van der Waals surface area contributed by atoms with Crippen LogP contribution in [0.5, 0.6) is 11.5 Å². The molecule has 0 aliphatic carbocycles. The van der Waals surface area contributed by atoms with Gasteiger partial charge in [0.2, 0.25) is 0 Å². The topological polar surface area (TPSA) is 59.0 Å². The number of piperidine rings is 1. The van der Waals surface area contributed by atoms with Gasteiger partial charge in [-0.15, -0.1) is 0 Å². The highest BCUT2D eigenvalue weighted by Gasteiger charge is 2.24. The van der Waals surface area contributed by atoms with E-state index in [-0.39, 0.29) is 11.8 Å². The van der Waals surface area contributed by atoms with Crippen molar-refractivity contribution >= 4 is 5.97 Å². The quantitative estimate of drug-likeness (QED) is 0.615. The maximum Gasteiger partial charge on any atom is 0.307 e. The van der Waals surface area contributed by atoms with Gasteiger partial charge in [-0.3, -0.25) is 9.69 Å². The Morgan fingerprint density at radius 3 is 2.10 bits per heavy atom. The average Bonchev–Trinajstić information content (AvgIpc) is 2.79. The molecule has 1 unspecified atom stereocenters. The molecule has 0 bridgehead atoms. The van der Waals surface area contributed by atoms with Crippen LogP contribution in [-0.4, -0.2) is 49.8 Å². The summed E-state index contributed by atoms with van der Waals surface area (Å²) in [5.74, 6) is 1.01. The van der Waals surface area contributed by atoms with Crippen LogP contribution in [0.3, 0.4) is 0 Å². The lowest BCUT2D eigenvalue weighted by atomic mass is 9.88. The number of benzene rings is 2. The average molecular weight is 410 g/mol. The number of allylic oxidation sites excluding steroid dienone is 1. The fraction of sp³-hybridized carbons (Fsp3) is 0.400. The molecule has 1 N–H and O–H groups in total. The fourth-order valence-corrected chi connectivity index (χ4v) is 4.02. The lowest BCUT2D eigenvalue weighted by Gasteiger charge is -2.29. The molecule has 1 atom stereocenters. The Morgan fingerprint density at radius 1 is 1.03 bits per heavy atom. The molecule has 1 aliphatic rings. The van der Waals surface area contributed by atoms with E-state index >= 15 is 0 Å². The van der Waals surface area contributed by atoms with E-state index in [2.05, 4.69) is 41.3 Å². The molecule has 30 heavy (non-hydrogen) atoms. The molecule has 0 spiro atoms. The monoisotopic (exact) mass is 409 g/mol. The molecule has 3 rings (SSSR count). The van der Waals surface area contributed by atoms with Crippen molar-refractivity contribution in [3.63, 3.8) is 0 Å². The summed E-state index contributed by atoms with van der Waals surface area (Å²) in [7, 11) is 3.35. The Balaban J connectivity index is 1.68. The number of hydrogen-bond acceptors (Lipinski definition) is 4. The van der Waals surface area contributed by atoms with Gasteiger partial charge in [0.05, 0.1) is 20.1 Å². The number of carboxylic acids is 1. The van der Waals surface area contributed by atoms with Crippen molar-refractivity contribution in [3.8, 4) is 11.5 Å². The van der Waals surface area contributed by atoms with Crippen LogP contribution in [0.4, 0.5) is 0 Å². The van der Waals surface area contributed by atoms with Gasteiger partial charge in [-0.25, -0.2) is 0 Å². The van der Waals surface area contributed by atoms with Gasteiger partial charge < -0.3 is 14.6 Å². The molecule has 0 aromatic heterocycles. The van der Waals surface area contributed by atoms with Crippen LogP contribution >= 0.6 is 0 Å². The van der Waals surface area contributed by atoms with Crippen molar-refractivity contribution in [3.05, 3.63) is 71.8 Å². The summed E-state index contributed by atoms with van der Waals surface area (Å²) in [4.78, 5) is 13.5. The van der Waals surface area contributed by atoms with E-state index in [0.29, 0.717) is 6.54 Å². The number of nitrogens with zero attached hydrogens (tertiary/aromatic N) is 1. The van der Waals surface area contributed by atoms with Crippen LogP contribution in [0.15, 0.2) is 60.7 Å². The van der Waals surface area contributed by atoms with Crippen molar-refractivity contribution in [2.45, 2.75) is 25.2 Å². The number of carboxylic acid groups (broad SMARTS) is 1. The zero-order chi connectivity index (χ0) is 21.3. The number of rotatable bonds is 9. The number of ether oxygens (including phenoxy) is 2. The number of carbonyl (C=O) groups is 1. The standard InChI is InChI=1S/C25H31NO4/c1-29-22-12-8-19(9-13-22)24(20-10-14-23(30-2)15-11-20)7-3-4-16-26-17-5-6-21(18-26)25(27)28/h3-4,8-15,21,24H,5-7,16-18H2,1-2H3,(H,27,28)/b4-3+. The molecule has 5 heteroatoms. The van der Waals surface area contributed by atoms with Gasteiger partial charge in [-0.2, -0.15) is 0 Å². The number of likely N-dealkylation sites (tertiary alicyclic amines) is 1. The maximum absolute atomic E-state index is 11.3. The summed E-state index contributed by atoms with van der Waals surface area (Å²) >= 11 is 0. The van der Waals surface area contributed by atoms with Crippen molar-refractivity contribution < 1.29 is 19.4 Å². The number of methoxy groups -OCH3 is 2. The van der Waals surface area contributed by atoms with Gasteiger partial charge in [-0.05, 0) is 61.2 Å². The zero-order valence-electron chi connectivity index (χ0n) is 17.8. The van der Waals surface area contributed by atoms with Gasteiger partial charge in [0, 0.05) is 19.0 Å². The van der Waals surface area contributed by atoms with Gasteiger partial charge in [0.15, 0.2) is 0 Å². The normalized spacial score (nSPS) is 17.4.